The molecule has 0 aromatic carbocycles. The lowest BCUT2D eigenvalue weighted by Gasteiger charge is -2.19. The van der Waals surface area contributed by atoms with Crippen molar-refractivity contribution in [3.63, 3.8) is 0 Å². The van der Waals surface area contributed by atoms with Crippen LogP contribution in [-0.2, 0) is 0 Å². The number of rotatable bonds is 16. The molecule has 0 aliphatic rings. The van der Waals surface area contributed by atoms with Crippen molar-refractivity contribution in [2.24, 2.45) is 11.8 Å². The lowest BCUT2D eigenvalue weighted by molar-refractivity contribution is 0.322. The van der Waals surface area contributed by atoms with Crippen LogP contribution in [0.25, 0.3) is 0 Å². The summed E-state index contributed by atoms with van der Waals surface area (Å²) in [5, 5.41) is 0. The summed E-state index contributed by atoms with van der Waals surface area (Å²) in [6.07, 6.45) is 22.0. The van der Waals surface area contributed by atoms with Gasteiger partial charge in [0.1, 0.15) is 0 Å². The molecule has 0 saturated heterocycles. The van der Waals surface area contributed by atoms with E-state index in [1.807, 2.05) is 0 Å². The molecular formula is C24H46. The summed E-state index contributed by atoms with van der Waals surface area (Å²) in [5.74, 6) is 8.25. The van der Waals surface area contributed by atoms with E-state index in [4.69, 9.17) is 0 Å². The van der Waals surface area contributed by atoms with E-state index in [1.165, 1.54) is 89.9 Å². The van der Waals surface area contributed by atoms with Crippen molar-refractivity contribution in [3.05, 3.63) is 0 Å². The summed E-state index contributed by atoms with van der Waals surface area (Å²) in [7, 11) is 0. The van der Waals surface area contributed by atoms with Crippen LogP contribution in [0.15, 0.2) is 0 Å². The summed E-state index contributed by atoms with van der Waals surface area (Å²) in [6.45, 7) is 9.39. The second-order valence-corrected chi connectivity index (χ2v) is 7.88. The van der Waals surface area contributed by atoms with Crippen LogP contribution < -0.4 is 0 Å². The van der Waals surface area contributed by atoms with Crippen LogP contribution in [0.1, 0.15) is 130 Å². The van der Waals surface area contributed by atoms with Gasteiger partial charge in [-0.25, -0.2) is 0 Å². The van der Waals surface area contributed by atoms with Crippen molar-refractivity contribution in [3.8, 4) is 11.8 Å². The Morgan fingerprint density at radius 3 is 1.50 bits per heavy atom. The molecule has 0 fully saturated rings. The Kier molecular flexibility index (Phi) is 18.5. The van der Waals surface area contributed by atoms with Gasteiger partial charge < -0.3 is 0 Å². The first kappa shape index (κ1) is 23.6. The smallest absolute Gasteiger partial charge is 0.00886 e. The minimum Gasteiger partial charge on any atom is -0.104 e. The van der Waals surface area contributed by atoms with Gasteiger partial charge in [0.15, 0.2) is 0 Å². The fourth-order valence-corrected chi connectivity index (χ4v) is 3.42. The van der Waals surface area contributed by atoms with Gasteiger partial charge in [0.2, 0.25) is 0 Å². The highest BCUT2D eigenvalue weighted by molar-refractivity contribution is 4.97. The largest absolute Gasteiger partial charge is 0.104 e. The van der Waals surface area contributed by atoms with Gasteiger partial charge in [-0.15, -0.1) is 11.8 Å². The molecule has 0 heteroatoms. The third-order valence-electron chi connectivity index (χ3n) is 5.50. The van der Waals surface area contributed by atoms with E-state index in [0.29, 0.717) is 0 Å². The highest BCUT2D eigenvalue weighted by atomic mass is 14.2. The van der Waals surface area contributed by atoms with Gasteiger partial charge in [-0.1, -0.05) is 111 Å². The third kappa shape index (κ3) is 16.4. The molecule has 0 aromatic heterocycles. The highest BCUT2D eigenvalue weighted by Crippen LogP contribution is 2.24. The third-order valence-corrected chi connectivity index (χ3v) is 5.50. The van der Waals surface area contributed by atoms with Gasteiger partial charge >= 0.3 is 0 Å². The van der Waals surface area contributed by atoms with Crippen LogP contribution in [0, 0.1) is 23.7 Å². The van der Waals surface area contributed by atoms with Crippen molar-refractivity contribution < 1.29 is 0 Å². The van der Waals surface area contributed by atoms with E-state index >= 15 is 0 Å². The Morgan fingerprint density at radius 2 is 1.00 bits per heavy atom. The zero-order chi connectivity index (χ0) is 17.9. The second kappa shape index (κ2) is 18.9. The Bertz CT molecular complexity index is 293. The standard InChI is InChI=1S/C24H46/c1-5-7-9-11-13-14-15-16-18-20-22-24(4)23(3)21-19-17-12-10-8-6-2/h23-24H,5-6,8,10-22H2,1-4H3. The molecular weight excluding hydrogens is 288 g/mol. The van der Waals surface area contributed by atoms with Gasteiger partial charge in [-0.05, 0) is 18.3 Å². The summed E-state index contributed by atoms with van der Waals surface area (Å²) in [5.41, 5.74) is 0. The van der Waals surface area contributed by atoms with Gasteiger partial charge in [0.05, 0.1) is 0 Å². The summed E-state index contributed by atoms with van der Waals surface area (Å²) in [6, 6.07) is 0. The fourth-order valence-electron chi connectivity index (χ4n) is 3.42. The highest BCUT2D eigenvalue weighted by Gasteiger charge is 2.11. The molecule has 0 radical (unpaired) electrons. The predicted molar refractivity (Wildman–Crippen MR) is 111 cm³/mol. The zero-order valence-corrected chi connectivity index (χ0v) is 17.5. The van der Waals surface area contributed by atoms with Gasteiger partial charge in [0, 0.05) is 12.8 Å². The van der Waals surface area contributed by atoms with E-state index in [9.17, 15) is 0 Å². The molecule has 0 rings (SSSR count). The Labute approximate surface area is 154 Å². The average Bonchev–Trinajstić information content (AvgIpc) is 2.59. The molecule has 0 spiro atoms. The molecule has 142 valence electrons. The van der Waals surface area contributed by atoms with E-state index < -0.39 is 0 Å². The maximum atomic E-state index is 3.25. The van der Waals surface area contributed by atoms with Crippen molar-refractivity contribution in [1.82, 2.24) is 0 Å². The molecule has 0 aliphatic heterocycles. The maximum absolute atomic E-state index is 3.25. The lowest BCUT2D eigenvalue weighted by atomic mass is 9.86. The molecule has 0 saturated carbocycles. The molecule has 2 atom stereocenters. The number of hydrogen-bond acceptors (Lipinski definition) is 0. The molecule has 2 unspecified atom stereocenters. The molecule has 24 heavy (non-hydrogen) atoms. The van der Waals surface area contributed by atoms with Crippen LogP contribution in [-0.4, -0.2) is 0 Å². The minimum absolute atomic E-state index is 0.921. The van der Waals surface area contributed by atoms with Gasteiger partial charge in [-0.3, -0.25) is 0 Å². The average molecular weight is 335 g/mol. The molecule has 0 nitrogen and oxygen atoms in total. The molecule has 0 bridgehead atoms. The van der Waals surface area contributed by atoms with Crippen molar-refractivity contribution in [2.75, 3.05) is 0 Å². The van der Waals surface area contributed by atoms with Gasteiger partial charge in [0.25, 0.3) is 0 Å². The first-order valence-corrected chi connectivity index (χ1v) is 11.2. The topological polar surface area (TPSA) is 0 Å². The molecule has 0 aliphatic carbocycles. The van der Waals surface area contributed by atoms with E-state index in [1.54, 1.807) is 0 Å². The van der Waals surface area contributed by atoms with Crippen LogP contribution >= 0.6 is 0 Å². The Hall–Kier alpha value is -0.440. The summed E-state index contributed by atoms with van der Waals surface area (Å²) < 4.78 is 0. The zero-order valence-electron chi connectivity index (χ0n) is 17.5. The number of hydrogen-bond donors (Lipinski definition) is 0. The monoisotopic (exact) mass is 334 g/mol. The van der Waals surface area contributed by atoms with Crippen molar-refractivity contribution >= 4 is 0 Å². The SMILES string of the molecule is CCC#CCCCCCCCCC(C)C(C)CCCCCCCC. The first-order chi connectivity index (χ1) is 11.7. The van der Waals surface area contributed by atoms with Crippen molar-refractivity contribution in [1.29, 1.82) is 0 Å². The Morgan fingerprint density at radius 1 is 0.542 bits per heavy atom. The normalized spacial score (nSPS) is 13.3. The van der Waals surface area contributed by atoms with Crippen LogP contribution in [0.4, 0.5) is 0 Å². The molecule has 0 N–H and O–H groups in total. The second-order valence-electron chi connectivity index (χ2n) is 7.88. The minimum atomic E-state index is 0.921. The quantitative estimate of drug-likeness (QED) is 0.196. The lowest BCUT2D eigenvalue weighted by Crippen LogP contribution is -2.08. The van der Waals surface area contributed by atoms with Crippen molar-refractivity contribution in [2.45, 2.75) is 130 Å². The van der Waals surface area contributed by atoms with Crippen LogP contribution in [0.3, 0.4) is 0 Å². The molecule has 0 amide bonds. The first-order valence-electron chi connectivity index (χ1n) is 11.2. The predicted octanol–water partition coefficient (Wildman–Crippen LogP) is 8.54. The summed E-state index contributed by atoms with van der Waals surface area (Å²) >= 11 is 0. The molecule has 0 aromatic rings. The van der Waals surface area contributed by atoms with E-state index in [0.717, 1.165) is 24.7 Å². The van der Waals surface area contributed by atoms with E-state index in [2.05, 4.69) is 39.5 Å². The van der Waals surface area contributed by atoms with E-state index in [-0.39, 0.29) is 0 Å². The fraction of sp³-hybridized carbons (Fsp3) is 0.917. The van der Waals surface area contributed by atoms with Crippen LogP contribution in [0.2, 0.25) is 0 Å². The maximum Gasteiger partial charge on any atom is 0.00886 e. The Balaban J connectivity index is 3.36. The number of unbranched alkanes of at least 4 members (excludes halogenated alkanes) is 11. The summed E-state index contributed by atoms with van der Waals surface area (Å²) in [4.78, 5) is 0. The molecule has 0 heterocycles. The van der Waals surface area contributed by atoms with Gasteiger partial charge in [-0.2, -0.15) is 0 Å². The van der Waals surface area contributed by atoms with Crippen LogP contribution in [0.5, 0.6) is 0 Å².